The molecule has 0 N–H and O–H groups in total. The van der Waals surface area contributed by atoms with Crippen LogP contribution in [0.1, 0.15) is 51.9 Å². The Hall–Kier alpha value is -0.370. The molecule has 4 unspecified atom stereocenters. The Morgan fingerprint density at radius 2 is 1.73 bits per heavy atom. The molecule has 2 aliphatic heterocycles. The molecule has 15 heavy (non-hydrogen) atoms. The summed E-state index contributed by atoms with van der Waals surface area (Å²) in [6, 6.07) is 2.03. The predicted octanol–water partition coefficient (Wildman–Crippen LogP) is 2.37. The number of ketones is 1. The van der Waals surface area contributed by atoms with E-state index in [0.29, 0.717) is 17.9 Å². The van der Waals surface area contributed by atoms with E-state index in [4.69, 9.17) is 0 Å². The minimum Gasteiger partial charge on any atom is -0.300 e. The summed E-state index contributed by atoms with van der Waals surface area (Å²) in [7, 11) is 0. The molecule has 2 saturated heterocycles. The molecule has 3 fully saturated rings. The summed E-state index contributed by atoms with van der Waals surface area (Å²) in [4.78, 5) is 14.3. The first-order valence-electron chi connectivity index (χ1n) is 6.55. The van der Waals surface area contributed by atoms with E-state index in [2.05, 4.69) is 11.8 Å². The van der Waals surface area contributed by atoms with E-state index < -0.39 is 0 Å². The van der Waals surface area contributed by atoms with Gasteiger partial charge in [-0.15, -0.1) is 0 Å². The van der Waals surface area contributed by atoms with Crippen LogP contribution in [-0.4, -0.2) is 28.8 Å². The Morgan fingerprint density at radius 1 is 1.07 bits per heavy atom. The molecular weight excluding hydrogens is 186 g/mol. The average Bonchev–Trinajstić information content (AvgIpc) is 2.69. The van der Waals surface area contributed by atoms with Crippen molar-refractivity contribution in [1.29, 1.82) is 0 Å². The van der Waals surface area contributed by atoms with Crippen LogP contribution in [-0.2, 0) is 4.79 Å². The maximum absolute atomic E-state index is 11.5. The molecule has 2 nitrogen and oxygen atoms in total. The second-order valence-electron chi connectivity index (χ2n) is 5.75. The lowest BCUT2D eigenvalue weighted by atomic mass is 9.95. The third kappa shape index (κ3) is 1.54. The summed E-state index contributed by atoms with van der Waals surface area (Å²) in [5.41, 5.74) is 0. The van der Waals surface area contributed by atoms with Crippen molar-refractivity contribution in [3.05, 3.63) is 0 Å². The van der Waals surface area contributed by atoms with E-state index in [1.54, 1.807) is 0 Å². The summed E-state index contributed by atoms with van der Waals surface area (Å²) >= 11 is 0. The first kappa shape index (κ1) is 9.83. The van der Waals surface area contributed by atoms with Gasteiger partial charge in [0.2, 0.25) is 0 Å². The van der Waals surface area contributed by atoms with Crippen LogP contribution in [0.15, 0.2) is 0 Å². The molecule has 2 heterocycles. The third-order valence-electron chi connectivity index (χ3n) is 4.80. The molecule has 4 atom stereocenters. The molecule has 0 aromatic carbocycles. The zero-order valence-corrected chi connectivity index (χ0v) is 9.61. The van der Waals surface area contributed by atoms with Crippen LogP contribution in [0, 0.1) is 5.92 Å². The molecule has 0 radical (unpaired) electrons. The third-order valence-corrected chi connectivity index (χ3v) is 4.80. The first-order valence-corrected chi connectivity index (χ1v) is 6.55. The van der Waals surface area contributed by atoms with E-state index in [9.17, 15) is 4.79 Å². The Kier molecular flexibility index (Phi) is 2.35. The molecule has 0 spiro atoms. The lowest BCUT2D eigenvalue weighted by Crippen LogP contribution is -2.49. The number of nitrogens with zero attached hydrogens (tertiary/aromatic N) is 1. The van der Waals surface area contributed by atoms with Crippen molar-refractivity contribution >= 4 is 5.78 Å². The van der Waals surface area contributed by atoms with Crippen molar-refractivity contribution in [3.63, 3.8) is 0 Å². The fourth-order valence-corrected chi connectivity index (χ4v) is 4.12. The van der Waals surface area contributed by atoms with Crippen molar-refractivity contribution in [2.45, 2.75) is 70.0 Å². The van der Waals surface area contributed by atoms with Crippen molar-refractivity contribution in [3.8, 4) is 0 Å². The van der Waals surface area contributed by atoms with Crippen LogP contribution in [0.3, 0.4) is 0 Å². The molecule has 1 aliphatic carbocycles. The summed E-state index contributed by atoms with van der Waals surface area (Å²) in [5.74, 6) is 1.38. The highest BCUT2D eigenvalue weighted by atomic mass is 16.1. The van der Waals surface area contributed by atoms with Gasteiger partial charge in [0.1, 0.15) is 5.78 Å². The monoisotopic (exact) mass is 207 g/mol. The van der Waals surface area contributed by atoms with Crippen LogP contribution in [0.5, 0.6) is 0 Å². The summed E-state index contributed by atoms with van der Waals surface area (Å²) in [6.45, 7) is 2.40. The number of hydrogen-bond donors (Lipinski definition) is 0. The van der Waals surface area contributed by atoms with Gasteiger partial charge in [-0.05, 0) is 31.6 Å². The average molecular weight is 207 g/mol. The van der Waals surface area contributed by atoms with E-state index >= 15 is 0 Å². The van der Waals surface area contributed by atoms with Gasteiger partial charge >= 0.3 is 0 Å². The highest BCUT2D eigenvalue weighted by Crippen LogP contribution is 2.41. The van der Waals surface area contributed by atoms with Crippen LogP contribution < -0.4 is 0 Å². The van der Waals surface area contributed by atoms with Gasteiger partial charge in [0.15, 0.2) is 0 Å². The number of carbonyl (C=O) groups is 1. The molecule has 84 valence electrons. The van der Waals surface area contributed by atoms with Gasteiger partial charge in [0.05, 0.1) is 0 Å². The van der Waals surface area contributed by atoms with Gasteiger partial charge in [-0.1, -0.05) is 13.3 Å². The molecule has 2 bridgehead atoms. The van der Waals surface area contributed by atoms with E-state index in [1.165, 1.54) is 32.1 Å². The Morgan fingerprint density at radius 3 is 2.27 bits per heavy atom. The van der Waals surface area contributed by atoms with Crippen molar-refractivity contribution in [2.75, 3.05) is 0 Å². The normalized spacial score (nSPS) is 46.3. The molecule has 3 rings (SSSR count). The quantitative estimate of drug-likeness (QED) is 0.658. The SMILES string of the molecule is CC1CCCC1N1C2CCC1CC(=O)C2. The summed E-state index contributed by atoms with van der Waals surface area (Å²) in [5, 5.41) is 0. The van der Waals surface area contributed by atoms with E-state index in [-0.39, 0.29) is 0 Å². The van der Waals surface area contributed by atoms with Crippen molar-refractivity contribution in [1.82, 2.24) is 4.90 Å². The number of rotatable bonds is 1. The maximum atomic E-state index is 11.5. The zero-order valence-electron chi connectivity index (χ0n) is 9.61. The lowest BCUT2D eigenvalue weighted by molar-refractivity contribution is -0.124. The summed E-state index contributed by atoms with van der Waals surface area (Å²) in [6.07, 6.45) is 8.42. The molecule has 0 aromatic rings. The molecule has 0 aromatic heterocycles. The van der Waals surface area contributed by atoms with Gasteiger partial charge in [0, 0.05) is 31.0 Å². The Balaban J connectivity index is 1.79. The molecule has 2 heteroatoms. The van der Waals surface area contributed by atoms with Gasteiger partial charge in [0.25, 0.3) is 0 Å². The van der Waals surface area contributed by atoms with Crippen LogP contribution in [0.4, 0.5) is 0 Å². The molecule has 1 saturated carbocycles. The lowest BCUT2D eigenvalue weighted by Gasteiger charge is -2.40. The Bertz CT molecular complexity index is 260. The fourth-order valence-electron chi connectivity index (χ4n) is 4.12. The second kappa shape index (κ2) is 3.58. The number of Topliss-reactive ketones (excluding diaryl/α,β-unsaturated/α-hetero) is 1. The number of hydrogen-bond acceptors (Lipinski definition) is 2. The van der Waals surface area contributed by atoms with E-state index in [1.807, 2.05) is 0 Å². The second-order valence-corrected chi connectivity index (χ2v) is 5.75. The van der Waals surface area contributed by atoms with Gasteiger partial charge < -0.3 is 0 Å². The first-order chi connectivity index (χ1) is 7.25. The molecule has 3 aliphatic rings. The van der Waals surface area contributed by atoms with Crippen LogP contribution in [0.2, 0.25) is 0 Å². The molecular formula is C13H21NO. The number of piperidine rings is 1. The zero-order chi connectivity index (χ0) is 10.4. The van der Waals surface area contributed by atoms with Gasteiger partial charge in [-0.3, -0.25) is 9.69 Å². The van der Waals surface area contributed by atoms with Gasteiger partial charge in [-0.2, -0.15) is 0 Å². The topological polar surface area (TPSA) is 20.3 Å². The van der Waals surface area contributed by atoms with Crippen LogP contribution >= 0.6 is 0 Å². The highest BCUT2D eigenvalue weighted by Gasteiger charge is 2.45. The predicted molar refractivity (Wildman–Crippen MR) is 59.7 cm³/mol. The van der Waals surface area contributed by atoms with Crippen molar-refractivity contribution in [2.24, 2.45) is 5.92 Å². The smallest absolute Gasteiger partial charge is 0.136 e. The van der Waals surface area contributed by atoms with Gasteiger partial charge in [-0.25, -0.2) is 0 Å². The van der Waals surface area contributed by atoms with Crippen LogP contribution in [0.25, 0.3) is 0 Å². The van der Waals surface area contributed by atoms with Crippen molar-refractivity contribution < 1.29 is 4.79 Å². The standard InChI is InChI=1S/C13H21NO/c1-9-3-2-4-13(9)14-10-5-6-11(14)8-12(15)7-10/h9-11,13H,2-8H2,1H3. The summed E-state index contributed by atoms with van der Waals surface area (Å²) < 4.78 is 0. The maximum Gasteiger partial charge on any atom is 0.136 e. The fraction of sp³-hybridized carbons (Fsp3) is 0.923. The minimum absolute atomic E-state index is 0.518. The van der Waals surface area contributed by atoms with E-state index in [0.717, 1.165) is 24.8 Å². The minimum atomic E-state index is 0.518. The highest BCUT2D eigenvalue weighted by molar-refractivity contribution is 5.81. The largest absolute Gasteiger partial charge is 0.300 e. The number of carbonyl (C=O) groups excluding carboxylic acids is 1. The molecule has 0 amide bonds. The Labute approximate surface area is 92.0 Å². The number of fused-ring (bicyclic) bond motifs is 2.